The van der Waals surface area contributed by atoms with Crippen LogP contribution in [0, 0.1) is 5.92 Å². The summed E-state index contributed by atoms with van der Waals surface area (Å²) in [5.74, 6) is 0.867. The first-order valence-corrected chi connectivity index (χ1v) is 15.8. The van der Waals surface area contributed by atoms with Crippen molar-refractivity contribution in [3.05, 3.63) is 53.1 Å². The molecule has 1 heterocycles. The third-order valence-electron chi connectivity index (χ3n) is 7.59. The van der Waals surface area contributed by atoms with E-state index in [0.717, 1.165) is 56.2 Å². The van der Waals surface area contributed by atoms with Gasteiger partial charge in [0.15, 0.2) is 0 Å². The second kappa shape index (κ2) is 11.5. The number of ether oxygens (including phenoxy) is 1. The standard InChI is InChI=1S/C27H37NO6S2/c1-3-19-7-13-26-21(15-19)8-9-23(4-2)28(26)36(32,33)25-12-14-27(22(16-25)17-29)34-24-10-5-20(6-11-24)18-35(30)31/h7,12-16,20,23-24,29,35H,3-6,8-11,17-18H2,1-2H3. The van der Waals surface area contributed by atoms with Crippen molar-refractivity contribution in [3.8, 4) is 5.75 Å². The van der Waals surface area contributed by atoms with Gasteiger partial charge >= 0.3 is 0 Å². The molecule has 198 valence electrons. The Kier molecular flexibility index (Phi) is 8.63. The number of benzene rings is 2. The Bertz CT molecular complexity index is 1240. The zero-order valence-corrected chi connectivity index (χ0v) is 22.8. The molecule has 1 N–H and O–H groups in total. The lowest BCUT2D eigenvalue weighted by Gasteiger charge is -2.38. The molecule has 2 aromatic carbocycles. The van der Waals surface area contributed by atoms with Crippen LogP contribution < -0.4 is 9.04 Å². The summed E-state index contributed by atoms with van der Waals surface area (Å²) in [6.07, 6.45) is 6.20. The maximum atomic E-state index is 13.9. The number of aryl methyl sites for hydroxylation is 2. The number of nitrogens with zero attached hydrogens (tertiary/aromatic N) is 1. The predicted molar refractivity (Wildman–Crippen MR) is 142 cm³/mol. The molecule has 1 saturated carbocycles. The molecule has 0 amide bonds. The van der Waals surface area contributed by atoms with E-state index in [-0.39, 0.29) is 35.3 Å². The molecule has 1 fully saturated rings. The molecule has 1 unspecified atom stereocenters. The van der Waals surface area contributed by atoms with E-state index in [1.54, 1.807) is 16.4 Å². The molecule has 0 radical (unpaired) electrons. The molecule has 9 heteroatoms. The maximum Gasteiger partial charge on any atom is 0.264 e. The number of thiol groups is 1. The summed E-state index contributed by atoms with van der Waals surface area (Å²) in [6, 6.07) is 10.7. The van der Waals surface area contributed by atoms with Crippen molar-refractivity contribution in [3.63, 3.8) is 0 Å². The van der Waals surface area contributed by atoms with E-state index in [0.29, 0.717) is 17.7 Å². The van der Waals surface area contributed by atoms with Gasteiger partial charge in [0.05, 0.1) is 29.0 Å². The highest BCUT2D eigenvalue weighted by Gasteiger charge is 2.35. The molecule has 0 spiro atoms. The van der Waals surface area contributed by atoms with Crippen molar-refractivity contribution in [1.29, 1.82) is 0 Å². The van der Waals surface area contributed by atoms with E-state index in [9.17, 15) is 21.9 Å². The molecule has 7 nitrogen and oxygen atoms in total. The fraction of sp³-hybridized carbons (Fsp3) is 0.556. The average molecular weight is 536 g/mol. The minimum absolute atomic E-state index is 0.0789. The first kappa shape index (κ1) is 26.9. The highest BCUT2D eigenvalue weighted by molar-refractivity contribution is 7.92. The van der Waals surface area contributed by atoms with Crippen LogP contribution in [0.2, 0.25) is 0 Å². The van der Waals surface area contributed by atoms with Crippen LogP contribution in [0.15, 0.2) is 41.3 Å². The zero-order valence-electron chi connectivity index (χ0n) is 21.1. The summed E-state index contributed by atoms with van der Waals surface area (Å²) in [5.41, 5.74) is 3.43. The quantitative estimate of drug-likeness (QED) is 0.467. The van der Waals surface area contributed by atoms with E-state index in [4.69, 9.17) is 4.74 Å². The summed E-state index contributed by atoms with van der Waals surface area (Å²) >= 11 is 0. The highest BCUT2D eigenvalue weighted by Crippen LogP contribution is 2.38. The fourth-order valence-corrected chi connectivity index (χ4v) is 8.13. The fourth-order valence-electron chi connectivity index (χ4n) is 5.50. The van der Waals surface area contributed by atoms with Gasteiger partial charge < -0.3 is 9.84 Å². The first-order chi connectivity index (χ1) is 17.3. The van der Waals surface area contributed by atoms with Crippen LogP contribution in [0.4, 0.5) is 5.69 Å². The van der Waals surface area contributed by atoms with Crippen molar-refractivity contribution in [1.82, 2.24) is 0 Å². The first-order valence-electron chi connectivity index (χ1n) is 12.9. The third-order valence-corrected chi connectivity index (χ3v) is 10.3. The minimum atomic E-state index is -3.85. The van der Waals surface area contributed by atoms with Crippen LogP contribution in [-0.4, -0.2) is 39.8 Å². The molecule has 1 aliphatic carbocycles. The van der Waals surface area contributed by atoms with Gasteiger partial charge in [-0.1, -0.05) is 26.0 Å². The van der Waals surface area contributed by atoms with E-state index in [1.807, 2.05) is 19.1 Å². The molecule has 0 aromatic heterocycles. The molecule has 4 rings (SSSR count). The van der Waals surface area contributed by atoms with Crippen LogP contribution in [0.1, 0.15) is 69.1 Å². The van der Waals surface area contributed by atoms with Crippen molar-refractivity contribution >= 4 is 26.4 Å². The molecule has 1 atom stereocenters. The Morgan fingerprint density at radius 1 is 1.03 bits per heavy atom. The van der Waals surface area contributed by atoms with Gasteiger partial charge in [-0.15, -0.1) is 0 Å². The Hall–Kier alpha value is -2.10. The minimum Gasteiger partial charge on any atom is -0.490 e. The smallest absolute Gasteiger partial charge is 0.264 e. The van der Waals surface area contributed by atoms with E-state index in [2.05, 4.69) is 13.0 Å². The predicted octanol–water partition coefficient (Wildman–Crippen LogP) is 4.21. The number of fused-ring (bicyclic) bond motifs is 1. The van der Waals surface area contributed by atoms with Gasteiger partial charge in [0, 0.05) is 11.6 Å². The maximum absolute atomic E-state index is 13.9. The monoisotopic (exact) mass is 535 g/mol. The van der Waals surface area contributed by atoms with Crippen LogP contribution in [0.5, 0.6) is 5.75 Å². The average Bonchev–Trinajstić information content (AvgIpc) is 2.88. The van der Waals surface area contributed by atoms with Gasteiger partial charge in [0.25, 0.3) is 10.0 Å². The second-order valence-electron chi connectivity index (χ2n) is 9.92. The molecule has 36 heavy (non-hydrogen) atoms. The lowest BCUT2D eigenvalue weighted by molar-refractivity contribution is 0.132. The summed E-state index contributed by atoms with van der Waals surface area (Å²) in [4.78, 5) is 0.146. The van der Waals surface area contributed by atoms with Gasteiger partial charge in [0.2, 0.25) is 0 Å². The van der Waals surface area contributed by atoms with Gasteiger partial charge in [0.1, 0.15) is 16.5 Å². The molecule has 1 aliphatic heterocycles. The third kappa shape index (κ3) is 5.73. The Morgan fingerprint density at radius 2 is 1.78 bits per heavy atom. The summed E-state index contributed by atoms with van der Waals surface area (Å²) in [6.45, 7) is 3.77. The van der Waals surface area contributed by atoms with Crippen molar-refractivity contribution < 1.29 is 26.7 Å². The highest BCUT2D eigenvalue weighted by atomic mass is 32.2. The van der Waals surface area contributed by atoms with Gasteiger partial charge in [-0.2, -0.15) is 0 Å². The van der Waals surface area contributed by atoms with Gasteiger partial charge in [-0.3, -0.25) is 4.31 Å². The van der Waals surface area contributed by atoms with Gasteiger partial charge in [-0.05, 0) is 92.7 Å². The lowest BCUT2D eigenvalue weighted by Crippen LogP contribution is -2.43. The summed E-state index contributed by atoms with van der Waals surface area (Å²) < 4.78 is 57.6. The van der Waals surface area contributed by atoms with Crippen LogP contribution in [0.3, 0.4) is 0 Å². The number of rotatable bonds is 9. The number of anilines is 1. The van der Waals surface area contributed by atoms with Crippen molar-refractivity contribution in [2.45, 2.75) is 88.9 Å². The second-order valence-corrected chi connectivity index (χ2v) is 12.8. The molecular formula is C27H37NO6S2. The van der Waals surface area contributed by atoms with Crippen LogP contribution in [-0.2, 0) is 40.2 Å². The number of aliphatic hydroxyl groups is 1. The van der Waals surface area contributed by atoms with Crippen molar-refractivity contribution in [2.24, 2.45) is 5.92 Å². The Morgan fingerprint density at radius 3 is 2.42 bits per heavy atom. The molecule has 2 aromatic rings. The summed E-state index contributed by atoms with van der Waals surface area (Å²) in [5, 5.41) is 10.0. The van der Waals surface area contributed by atoms with Gasteiger partial charge in [-0.25, -0.2) is 16.8 Å². The SMILES string of the molecule is CCc1ccc2c(c1)CCC(CC)N2S(=O)(=O)c1ccc(OC2CCC(C[SH](=O)=O)CC2)c(CO)c1. The largest absolute Gasteiger partial charge is 0.490 e. The van der Waals surface area contributed by atoms with Crippen LogP contribution >= 0.6 is 0 Å². The van der Waals surface area contributed by atoms with E-state index in [1.165, 1.54) is 11.6 Å². The van der Waals surface area contributed by atoms with E-state index >= 15 is 0 Å². The lowest BCUT2D eigenvalue weighted by atomic mass is 9.88. The molecule has 0 saturated heterocycles. The topological polar surface area (TPSA) is 101 Å². The molecule has 0 bridgehead atoms. The normalized spacial score (nSPS) is 22.4. The number of sulfonamides is 1. The van der Waals surface area contributed by atoms with Crippen LogP contribution in [0.25, 0.3) is 0 Å². The number of aliphatic hydroxyl groups excluding tert-OH is 1. The number of hydrogen-bond acceptors (Lipinski definition) is 6. The molecule has 2 aliphatic rings. The Balaban J connectivity index is 1.58. The summed E-state index contributed by atoms with van der Waals surface area (Å²) in [7, 11) is -6.22. The Labute approximate surface area is 216 Å². The van der Waals surface area contributed by atoms with Crippen molar-refractivity contribution in [2.75, 3.05) is 10.1 Å². The molecular weight excluding hydrogens is 498 g/mol. The zero-order chi connectivity index (χ0) is 25.9. The van der Waals surface area contributed by atoms with E-state index < -0.39 is 20.7 Å². The number of hydrogen-bond donors (Lipinski definition) is 2.